The molecule has 0 saturated carbocycles. The van der Waals surface area contributed by atoms with Crippen molar-refractivity contribution in [1.29, 1.82) is 0 Å². The van der Waals surface area contributed by atoms with Crippen LogP contribution in [0.25, 0.3) is 6.08 Å². The fourth-order valence-electron chi connectivity index (χ4n) is 3.45. The molecule has 0 N–H and O–H groups in total. The molecule has 0 radical (unpaired) electrons. The maximum atomic E-state index is 12.9. The highest BCUT2D eigenvalue weighted by Crippen LogP contribution is 2.37. The lowest BCUT2D eigenvalue weighted by Crippen LogP contribution is -2.33. The van der Waals surface area contributed by atoms with E-state index in [2.05, 4.69) is 22.6 Å². The van der Waals surface area contributed by atoms with Gasteiger partial charge in [-0.1, -0.05) is 60.2 Å². The molecule has 1 saturated heterocycles. The van der Waals surface area contributed by atoms with Gasteiger partial charge in [-0.25, -0.2) is 0 Å². The Morgan fingerprint density at radius 1 is 1.06 bits per heavy atom. The number of methoxy groups -OCH3 is 1. The lowest BCUT2D eigenvalue weighted by atomic mass is 10.1. The van der Waals surface area contributed by atoms with Crippen molar-refractivity contribution in [2.75, 3.05) is 13.7 Å². The van der Waals surface area contributed by atoms with Gasteiger partial charge in [-0.2, -0.15) is 0 Å². The summed E-state index contributed by atoms with van der Waals surface area (Å²) in [7, 11) is 1.55. The number of aryl methyl sites for hydroxylation is 1. The van der Waals surface area contributed by atoms with E-state index in [4.69, 9.17) is 9.47 Å². The van der Waals surface area contributed by atoms with Crippen molar-refractivity contribution in [3.8, 4) is 11.5 Å². The minimum Gasteiger partial charge on any atom is -0.493 e. The van der Waals surface area contributed by atoms with Crippen LogP contribution in [0.1, 0.15) is 27.0 Å². The fraction of sp³-hybridized carbons (Fsp3) is 0.148. The Morgan fingerprint density at radius 3 is 2.46 bits per heavy atom. The topological polar surface area (TPSA) is 72.9 Å². The molecule has 1 fully saturated rings. The molecule has 3 aromatic rings. The zero-order valence-electron chi connectivity index (χ0n) is 19.1. The first-order chi connectivity index (χ1) is 16.9. The second-order valence-electron chi connectivity index (χ2n) is 7.87. The zero-order chi connectivity index (χ0) is 24.9. The first kappa shape index (κ1) is 25.0. The number of thioether (sulfide) groups is 1. The van der Waals surface area contributed by atoms with Gasteiger partial charge in [0.05, 0.1) is 22.1 Å². The number of carbonyl (C=O) groups excluding carboxylic acids is 3. The normalized spacial score (nSPS) is 14.5. The van der Waals surface area contributed by atoms with E-state index < -0.39 is 11.1 Å². The molecule has 0 unspecified atom stereocenters. The number of ketones is 1. The molecule has 6 nitrogen and oxygen atoms in total. The summed E-state index contributed by atoms with van der Waals surface area (Å²) in [6, 6.07) is 20.3. The second-order valence-corrected chi connectivity index (χ2v) is 10.0. The molecule has 1 aliphatic rings. The number of hydrogen-bond donors (Lipinski definition) is 0. The van der Waals surface area contributed by atoms with Gasteiger partial charge in [0, 0.05) is 5.56 Å². The quantitative estimate of drug-likeness (QED) is 0.177. The predicted octanol–water partition coefficient (Wildman–Crippen LogP) is 6.11. The van der Waals surface area contributed by atoms with Crippen molar-refractivity contribution >= 4 is 57.4 Å². The van der Waals surface area contributed by atoms with Gasteiger partial charge in [-0.15, -0.1) is 0 Å². The van der Waals surface area contributed by atoms with E-state index >= 15 is 0 Å². The molecule has 3 aromatic carbocycles. The summed E-state index contributed by atoms with van der Waals surface area (Å²) >= 11 is 2.98. The van der Waals surface area contributed by atoms with Crippen molar-refractivity contribution in [3.63, 3.8) is 0 Å². The number of halogens is 1. The Hall–Kier alpha value is -3.11. The van der Waals surface area contributed by atoms with Crippen LogP contribution in [0, 0.1) is 10.5 Å². The van der Waals surface area contributed by atoms with Crippen LogP contribution in [0.15, 0.2) is 71.6 Å². The van der Waals surface area contributed by atoms with Crippen LogP contribution in [0.4, 0.5) is 4.79 Å². The third kappa shape index (κ3) is 5.94. The summed E-state index contributed by atoms with van der Waals surface area (Å²) in [5.74, 6) is 0.347. The van der Waals surface area contributed by atoms with Gasteiger partial charge < -0.3 is 9.47 Å². The Morgan fingerprint density at radius 2 is 1.77 bits per heavy atom. The number of imide groups is 1. The van der Waals surface area contributed by atoms with E-state index in [0.29, 0.717) is 29.2 Å². The van der Waals surface area contributed by atoms with Crippen molar-refractivity contribution in [2.45, 2.75) is 13.5 Å². The maximum absolute atomic E-state index is 12.9. The van der Waals surface area contributed by atoms with E-state index in [1.54, 1.807) is 49.6 Å². The number of rotatable bonds is 8. The van der Waals surface area contributed by atoms with Crippen LogP contribution in [0.5, 0.6) is 11.5 Å². The Balaban J connectivity index is 1.51. The predicted molar refractivity (Wildman–Crippen MR) is 145 cm³/mol. The molecule has 4 rings (SSSR count). The molecule has 0 atom stereocenters. The zero-order valence-corrected chi connectivity index (χ0v) is 22.1. The number of benzene rings is 3. The summed E-state index contributed by atoms with van der Waals surface area (Å²) in [5.41, 5.74) is 3.36. The van der Waals surface area contributed by atoms with Gasteiger partial charge in [0.2, 0.25) is 0 Å². The molecule has 0 bridgehead atoms. The minimum atomic E-state index is -0.488. The summed E-state index contributed by atoms with van der Waals surface area (Å²) in [6.45, 7) is 2.13. The average Bonchev–Trinajstić information content (AvgIpc) is 3.11. The number of nitrogens with zero attached hydrogens (tertiary/aromatic N) is 1. The molecule has 1 heterocycles. The molecule has 0 spiro atoms. The first-order valence-electron chi connectivity index (χ1n) is 10.7. The molecule has 0 aromatic heterocycles. The van der Waals surface area contributed by atoms with Crippen LogP contribution in [-0.2, 0) is 11.4 Å². The Kier molecular flexibility index (Phi) is 7.92. The van der Waals surface area contributed by atoms with Crippen molar-refractivity contribution in [3.05, 3.63) is 97.5 Å². The van der Waals surface area contributed by atoms with Gasteiger partial charge in [-0.3, -0.25) is 19.3 Å². The highest BCUT2D eigenvalue weighted by molar-refractivity contribution is 14.1. The average molecular weight is 599 g/mol. The maximum Gasteiger partial charge on any atom is 0.293 e. The van der Waals surface area contributed by atoms with Gasteiger partial charge in [-0.05, 0) is 70.6 Å². The molecule has 8 heteroatoms. The summed E-state index contributed by atoms with van der Waals surface area (Å²) in [5, 5.41) is -0.467. The van der Waals surface area contributed by atoms with E-state index in [0.717, 1.165) is 25.8 Å². The van der Waals surface area contributed by atoms with E-state index in [1.807, 2.05) is 37.3 Å². The van der Waals surface area contributed by atoms with E-state index in [-0.39, 0.29) is 17.2 Å². The van der Waals surface area contributed by atoms with Gasteiger partial charge in [0.25, 0.3) is 11.1 Å². The Labute approximate surface area is 221 Å². The smallest absolute Gasteiger partial charge is 0.293 e. The lowest BCUT2D eigenvalue weighted by Gasteiger charge is -2.14. The summed E-state index contributed by atoms with van der Waals surface area (Å²) in [6.07, 6.45) is 1.63. The van der Waals surface area contributed by atoms with Crippen LogP contribution >= 0.6 is 34.4 Å². The standard InChI is InChI=1S/C27H22INO5S/c1-17-8-10-18(11-9-17)16-34-25-21(28)12-19(13-23(25)33-2)14-24-26(31)29(27(32)35-24)15-22(30)20-6-4-3-5-7-20/h3-14H,15-16H2,1-2H3/b24-14-. The van der Waals surface area contributed by atoms with Crippen molar-refractivity contribution in [1.82, 2.24) is 4.90 Å². The number of hydrogen-bond acceptors (Lipinski definition) is 6. The number of Topliss-reactive ketones (excluding diaryl/α,β-unsaturated/α-hetero) is 1. The largest absolute Gasteiger partial charge is 0.493 e. The SMILES string of the molecule is COc1cc(/C=C2\SC(=O)N(CC(=O)c3ccccc3)C2=O)cc(I)c1OCc1ccc(C)cc1. The number of carbonyl (C=O) groups is 3. The Bertz CT molecular complexity index is 1310. The third-order valence-electron chi connectivity index (χ3n) is 5.32. The summed E-state index contributed by atoms with van der Waals surface area (Å²) in [4.78, 5) is 39.1. The highest BCUT2D eigenvalue weighted by atomic mass is 127. The van der Waals surface area contributed by atoms with E-state index in [9.17, 15) is 14.4 Å². The van der Waals surface area contributed by atoms with E-state index in [1.165, 1.54) is 5.56 Å². The fourth-order valence-corrected chi connectivity index (χ4v) is 5.07. The molecule has 0 aliphatic carbocycles. The first-order valence-corrected chi connectivity index (χ1v) is 12.6. The van der Waals surface area contributed by atoms with Crippen molar-refractivity contribution < 1.29 is 23.9 Å². The number of ether oxygens (including phenoxy) is 2. The van der Waals surface area contributed by atoms with Gasteiger partial charge in [0.15, 0.2) is 17.3 Å². The molecule has 178 valence electrons. The monoisotopic (exact) mass is 599 g/mol. The summed E-state index contributed by atoms with van der Waals surface area (Å²) < 4.78 is 12.4. The molecule has 2 amide bonds. The highest BCUT2D eigenvalue weighted by Gasteiger charge is 2.36. The minimum absolute atomic E-state index is 0.252. The molecule has 1 aliphatic heterocycles. The number of amides is 2. The van der Waals surface area contributed by atoms with Gasteiger partial charge in [0.1, 0.15) is 6.61 Å². The van der Waals surface area contributed by atoms with Gasteiger partial charge >= 0.3 is 0 Å². The van der Waals surface area contributed by atoms with Crippen LogP contribution in [0.2, 0.25) is 0 Å². The molecular formula is C27H22INO5S. The lowest BCUT2D eigenvalue weighted by molar-refractivity contribution is -0.122. The van der Waals surface area contributed by atoms with Crippen LogP contribution < -0.4 is 9.47 Å². The van der Waals surface area contributed by atoms with Crippen LogP contribution in [-0.4, -0.2) is 35.5 Å². The third-order valence-corrected chi connectivity index (χ3v) is 7.03. The molecular weight excluding hydrogens is 577 g/mol. The molecule has 35 heavy (non-hydrogen) atoms. The van der Waals surface area contributed by atoms with Crippen LogP contribution in [0.3, 0.4) is 0 Å². The second kappa shape index (κ2) is 11.1. The van der Waals surface area contributed by atoms with Crippen molar-refractivity contribution in [2.24, 2.45) is 0 Å².